The molecule has 0 fully saturated rings. The largest absolute Gasteiger partial charge is 0.291 e. The van der Waals surface area contributed by atoms with Gasteiger partial charge in [-0.1, -0.05) is 54.2 Å². The number of para-hydroxylation sites is 2. The fourth-order valence-corrected chi connectivity index (χ4v) is 3.85. The maximum Gasteiger partial charge on any atom is 0.233 e. The minimum absolute atomic E-state index is 0.705. The first-order valence-electron chi connectivity index (χ1n) is 8.60. The van der Waals surface area contributed by atoms with Gasteiger partial charge < -0.3 is 0 Å². The first-order valence-corrected chi connectivity index (χ1v) is 9.59. The Kier molecular flexibility index (Phi) is 4.03. The van der Waals surface area contributed by atoms with Crippen LogP contribution >= 0.6 is 11.8 Å². The molecule has 0 amide bonds. The minimum atomic E-state index is 0.705. The van der Waals surface area contributed by atoms with Crippen molar-refractivity contribution in [2.75, 3.05) is 0 Å². The van der Waals surface area contributed by atoms with Crippen molar-refractivity contribution in [3.63, 3.8) is 0 Å². The Balaban J connectivity index is 1.54. The van der Waals surface area contributed by atoms with Crippen LogP contribution in [-0.2, 0) is 5.75 Å². The number of imidazole rings is 1. The Hall–Kier alpha value is -3.25. The van der Waals surface area contributed by atoms with Crippen molar-refractivity contribution in [1.29, 1.82) is 0 Å². The van der Waals surface area contributed by atoms with Crippen LogP contribution < -0.4 is 0 Å². The summed E-state index contributed by atoms with van der Waals surface area (Å²) >= 11 is 1.65. The van der Waals surface area contributed by atoms with E-state index >= 15 is 0 Å². The van der Waals surface area contributed by atoms with E-state index in [-0.39, 0.29) is 0 Å². The van der Waals surface area contributed by atoms with Gasteiger partial charge in [-0.3, -0.25) is 4.40 Å². The van der Waals surface area contributed by atoms with Gasteiger partial charge in [-0.25, -0.2) is 19.9 Å². The minimum Gasteiger partial charge on any atom is -0.291 e. The average molecular weight is 369 g/mol. The van der Waals surface area contributed by atoms with Crippen molar-refractivity contribution in [2.45, 2.75) is 10.8 Å². The molecule has 0 N–H and O–H groups in total. The summed E-state index contributed by atoms with van der Waals surface area (Å²) in [4.78, 5) is 18.6. The highest BCUT2D eigenvalue weighted by Crippen LogP contribution is 2.32. The molecule has 5 nitrogen and oxygen atoms in total. The Morgan fingerprint density at radius 3 is 2.41 bits per heavy atom. The number of benzene rings is 2. The Morgan fingerprint density at radius 1 is 0.815 bits per heavy atom. The van der Waals surface area contributed by atoms with E-state index in [1.807, 2.05) is 65.3 Å². The fourth-order valence-electron chi connectivity index (χ4n) is 2.96. The van der Waals surface area contributed by atoms with Crippen molar-refractivity contribution in [2.24, 2.45) is 0 Å². The molecule has 0 saturated heterocycles. The van der Waals surface area contributed by atoms with Gasteiger partial charge in [0.15, 0.2) is 0 Å². The lowest BCUT2D eigenvalue weighted by Gasteiger charge is -2.09. The van der Waals surface area contributed by atoms with Gasteiger partial charge in [-0.2, -0.15) is 0 Å². The third-order valence-corrected chi connectivity index (χ3v) is 5.23. The molecule has 0 spiro atoms. The van der Waals surface area contributed by atoms with Gasteiger partial charge in [-0.15, -0.1) is 0 Å². The first kappa shape index (κ1) is 16.0. The summed E-state index contributed by atoms with van der Waals surface area (Å²) in [6.07, 6.45) is 5.71. The molecule has 0 atom stereocenters. The molecule has 5 aromatic rings. The maximum atomic E-state index is 4.88. The zero-order valence-corrected chi connectivity index (χ0v) is 15.2. The quantitative estimate of drug-likeness (QED) is 0.432. The highest BCUT2D eigenvalue weighted by Gasteiger charge is 2.13. The van der Waals surface area contributed by atoms with Crippen molar-refractivity contribution < 1.29 is 0 Å². The summed E-state index contributed by atoms with van der Waals surface area (Å²) in [5.74, 6) is 1.41. The molecule has 0 aliphatic heterocycles. The summed E-state index contributed by atoms with van der Waals surface area (Å²) in [7, 11) is 0. The van der Waals surface area contributed by atoms with Gasteiger partial charge >= 0.3 is 0 Å². The summed E-state index contributed by atoms with van der Waals surface area (Å²) in [5, 5.41) is 0.907. The maximum absolute atomic E-state index is 4.88. The van der Waals surface area contributed by atoms with Crippen molar-refractivity contribution in [3.8, 4) is 11.3 Å². The van der Waals surface area contributed by atoms with E-state index in [4.69, 9.17) is 9.97 Å². The molecule has 0 unspecified atom stereocenters. The Labute approximate surface area is 160 Å². The highest BCUT2D eigenvalue weighted by molar-refractivity contribution is 7.98. The van der Waals surface area contributed by atoms with Crippen LogP contribution in [0.1, 0.15) is 5.69 Å². The van der Waals surface area contributed by atoms with Crippen LogP contribution in [0.3, 0.4) is 0 Å². The van der Waals surface area contributed by atoms with E-state index in [0.717, 1.165) is 33.0 Å². The molecule has 3 heterocycles. The number of thioether (sulfide) groups is 1. The summed E-state index contributed by atoms with van der Waals surface area (Å²) in [6.45, 7) is 0. The van der Waals surface area contributed by atoms with E-state index in [9.17, 15) is 0 Å². The number of hydrogen-bond donors (Lipinski definition) is 0. The van der Waals surface area contributed by atoms with Crippen LogP contribution in [0, 0.1) is 0 Å². The van der Waals surface area contributed by atoms with Crippen molar-refractivity contribution in [1.82, 2.24) is 24.3 Å². The average Bonchev–Trinajstić information content (AvgIpc) is 3.15. The number of nitrogens with zero attached hydrogens (tertiary/aromatic N) is 5. The van der Waals surface area contributed by atoms with Gasteiger partial charge in [0.25, 0.3) is 0 Å². The predicted octanol–water partition coefficient (Wildman–Crippen LogP) is 4.63. The number of fused-ring (bicyclic) bond motifs is 2. The van der Waals surface area contributed by atoms with Crippen LogP contribution in [-0.4, -0.2) is 24.3 Å². The highest BCUT2D eigenvalue weighted by atomic mass is 32.2. The molecule has 0 saturated carbocycles. The second-order valence-corrected chi connectivity index (χ2v) is 7.04. The normalized spacial score (nSPS) is 11.3. The molecular formula is C21H15N5S. The Morgan fingerprint density at radius 2 is 1.59 bits per heavy atom. The molecule has 2 aromatic carbocycles. The topological polar surface area (TPSA) is 56.0 Å². The smallest absolute Gasteiger partial charge is 0.233 e. The van der Waals surface area contributed by atoms with Crippen LogP contribution in [0.25, 0.3) is 28.1 Å². The van der Waals surface area contributed by atoms with Crippen LogP contribution in [0.15, 0.2) is 84.3 Å². The lowest BCUT2D eigenvalue weighted by atomic mass is 10.1. The number of hydrogen-bond acceptors (Lipinski definition) is 5. The van der Waals surface area contributed by atoms with Crippen LogP contribution in [0.4, 0.5) is 0 Å². The number of rotatable bonds is 4. The van der Waals surface area contributed by atoms with E-state index < -0.39 is 0 Å². The van der Waals surface area contributed by atoms with Crippen LogP contribution in [0.5, 0.6) is 0 Å². The second kappa shape index (κ2) is 6.81. The van der Waals surface area contributed by atoms with E-state index in [1.165, 1.54) is 0 Å². The molecule has 0 aliphatic rings. The summed E-state index contributed by atoms with van der Waals surface area (Å²) in [5.41, 5.74) is 4.73. The van der Waals surface area contributed by atoms with Gasteiger partial charge in [0.1, 0.15) is 10.7 Å². The van der Waals surface area contributed by atoms with Gasteiger partial charge in [0, 0.05) is 29.9 Å². The third-order valence-electron chi connectivity index (χ3n) is 4.23. The molecule has 130 valence electrons. The van der Waals surface area contributed by atoms with Gasteiger partial charge in [0.05, 0.1) is 16.7 Å². The number of aromatic nitrogens is 5. The van der Waals surface area contributed by atoms with Gasteiger partial charge in [-0.05, 0) is 18.2 Å². The standard InChI is InChI=1S/C21H15N5S/c1-2-7-15(8-3-1)19-20(25-18-10-5-4-9-17(18)24-19)27-14-16-13-26-12-6-11-22-21(26)23-16/h1-13H,14H2. The lowest BCUT2D eigenvalue weighted by Crippen LogP contribution is -1.94. The predicted molar refractivity (Wildman–Crippen MR) is 108 cm³/mol. The van der Waals surface area contributed by atoms with E-state index in [2.05, 4.69) is 22.1 Å². The molecule has 0 radical (unpaired) electrons. The zero-order valence-electron chi connectivity index (χ0n) is 14.4. The first-order chi connectivity index (χ1) is 13.4. The fraction of sp³-hybridized carbons (Fsp3) is 0.0476. The molecule has 27 heavy (non-hydrogen) atoms. The zero-order chi connectivity index (χ0) is 18.1. The summed E-state index contributed by atoms with van der Waals surface area (Å²) in [6, 6.07) is 20.1. The Bertz CT molecular complexity index is 1200. The van der Waals surface area contributed by atoms with E-state index in [1.54, 1.807) is 18.0 Å². The molecule has 6 heteroatoms. The molecule has 0 aliphatic carbocycles. The monoisotopic (exact) mass is 369 g/mol. The molecular weight excluding hydrogens is 354 g/mol. The third kappa shape index (κ3) is 3.15. The molecule has 0 bridgehead atoms. The van der Waals surface area contributed by atoms with Crippen molar-refractivity contribution in [3.05, 3.63) is 84.9 Å². The second-order valence-electron chi connectivity index (χ2n) is 6.08. The molecule has 3 aromatic heterocycles. The van der Waals surface area contributed by atoms with E-state index in [0.29, 0.717) is 11.5 Å². The summed E-state index contributed by atoms with van der Waals surface area (Å²) < 4.78 is 1.93. The SMILES string of the molecule is c1ccc(-c2nc3ccccc3nc2SCc2cn3cccnc3n2)cc1. The lowest BCUT2D eigenvalue weighted by molar-refractivity contribution is 1.11. The molecule has 5 rings (SSSR count). The van der Waals surface area contributed by atoms with Gasteiger partial charge in [0.2, 0.25) is 5.78 Å². The van der Waals surface area contributed by atoms with Crippen LogP contribution in [0.2, 0.25) is 0 Å². The van der Waals surface area contributed by atoms with Crippen molar-refractivity contribution >= 4 is 28.6 Å².